The van der Waals surface area contributed by atoms with Gasteiger partial charge < -0.3 is 14.7 Å². The van der Waals surface area contributed by atoms with Crippen molar-refractivity contribution in [1.29, 1.82) is 0 Å². The molecule has 25 heavy (non-hydrogen) atoms. The van der Waals surface area contributed by atoms with E-state index in [-0.39, 0.29) is 11.9 Å². The molecule has 3 rings (SSSR count). The highest BCUT2D eigenvalue weighted by Crippen LogP contribution is 2.39. The Labute approximate surface area is 146 Å². The molecule has 1 amide bonds. The first-order valence-corrected chi connectivity index (χ1v) is 8.27. The lowest BCUT2D eigenvalue weighted by Crippen LogP contribution is -2.42. The number of carboxylic acid groups (broad SMARTS) is 1. The van der Waals surface area contributed by atoms with Crippen LogP contribution in [-0.2, 0) is 11.2 Å². The van der Waals surface area contributed by atoms with Gasteiger partial charge in [-0.3, -0.25) is 4.79 Å². The molecule has 2 unspecified atom stereocenters. The van der Waals surface area contributed by atoms with Crippen LogP contribution in [0.2, 0.25) is 0 Å². The van der Waals surface area contributed by atoms with E-state index in [1.165, 1.54) is 11.1 Å². The fourth-order valence-corrected chi connectivity index (χ4v) is 3.25. The van der Waals surface area contributed by atoms with Crippen LogP contribution in [0.25, 0.3) is 0 Å². The standard InChI is InChI=1S/C20H21NO4/c1-13(18-11-14-6-3-4-9-17(14)18)21(2)20(24)15-7-5-8-16(10-15)25-12-19(22)23/h3-10,13,18H,11-12H2,1-2H3,(H,22,23). The molecule has 1 aliphatic carbocycles. The lowest BCUT2D eigenvalue weighted by molar-refractivity contribution is -0.139. The number of likely N-dealkylation sites (N-methyl/N-ethyl adjacent to an activating group) is 1. The van der Waals surface area contributed by atoms with Crippen LogP contribution in [-0.4, -0.2) is 41.6 Å². The van der Waals surface area contributed by atoms with Gasteiger partial charge in [-0.1, -0.05) is 30.3 Å². The lowest BCUT2D eigenvalue weighted by atomic mass is 9.73. The van der Waals surface area contributed by atoms with E-state index in [1.54, 1.807) is 36.2 Å². The number of hydrogen-bond acceptors (Lipinski definition) is 3. The molecule has 2 aromatic carbocycles. The summed E-state index contributed by atoms with van der Waals surface area (Å²) >= 11 is 0. The number of rotatable bonds is 6. The van der Waals surface area contributed by atoms with E-state index in [9.17, 15) is 9.59 Å². The van der Waals surface area contributed by atoms with Gasteiger partial charge in [0.1, 0.15) is 5.75 Å². The molecule has 5 nitrogen and oxygen atoms in total. The summed E-state index contributed by atoms with van der Waals surface area (Å²) in [5.74, 6) is -0.427. The highest BCUT2D eigenvalue weighted by atomic mass is 16.5. The summed E-state index contributed by atoms with van der Waals surface area (Å²) in [6.45, 7) is 1.63. The number of fused-ring (bicyclic) bond motifs is 1. The first-order chi connectivity index (χ1) is 12.0. The van der Waals surface area contributed by atoms with Crippen LogP contribution < -0.4 is 4.74 Å². The summed E-state index contributed by atoms with van der Waals surface area (Å²) in [5.41, 5.74) is 3.15. The van der Waals surface area contributed by atoms with Gasteiger partial charge >= 0.3 is 5.97 Å². The van der Waals surface area contributed by atoms with E-state index in [0.717, 1.165) is 6.42 Å². The van der Waals surface area contributed by atoms with Crippen LogP contribution in [0.4, 0.5) is 0 Å². The van der Waals surface area contributed by atoms with Crippen molar-refractivity contribution in [3.05, 3.63) is 65.2 Å². The number of ether oxygens (including phenoxy) is 1. The number of carbonyl (C=O) groups is 2. The molecular weight excluding hydrogens is 318 g/mol. The minimum atomic E-state index is -1.05. The first-order valence-electron chi connectivity index (χ1n) is 8.27. The van der Waals surface area contributed by atoms with Gasteiger partial charge in [-0.05, 0) is 42.7 Å². The summed E-state index contributed by atoms with van der Waals surface area (Å²) in [4.78, 5) is 25.1. The summed E-state index contributed by atoms with van der Waals surface area (Å²) in [5, 5.41) is 8.69. The Bertz CT molecular complexity index is 802. The second-order valence-corrected chi connectivity index (χ2v) is 6.38. The van der Waals surface area contributed by atoms with Crippen molar-refractivity contribution < 1.29 is 19.4 Å². The Balaban J connectivity index is 1.70. The van der Waals surface area contributed by atoms with E-state index in [2.05, 4.69) is 19.1 Å². The van der Waals surface area contributed by atoms with E-state index < -0.39 is 12.6 Å². The Morgan fingerprint density at radius 3 is 2.72 bits per heavy atom. The van der Waals surface area contributed by atoms with Gasteiger partial charge in [-0.2, -0.15) is 0 Å². The van der Waals surface area contributed by atoms with Gasteiger partial charge in [-0.25, -0.2) is 4.79 Å². The zero-order valence-corrected chi connectivity index (χ0v) is 14.3. The van der Waals surface area contributed by atoms with E-state index >= 15 is 0 Å². The molecule has 130 valence electrons. The Hall–Kier alpha value is -2.82. The third-order valence-corrected chi connectivity index (χ3v) is 4.85. The molecular formula is C20H21NO4. The minimum Gasteiger partial charge on any atom is -0.482 e. The van der Waals surface area contributed by atoms with Crippen molar-refractivity contribution >= 4 is 11.9 Å². The number of nitrogens with zero attached hydrogens (tertiary/aromatic N) is 1. The molecule has 1 aliphatic rings. The number of hydrogen-bond donors (Lipinski definition) is 1. The van der Waals surface area contributed by atoms with Crippen LogP contribution in [0.15, 0.2) is 48.5 Å². The van der Waals surface area contributed by atoms with Crippen molar-refractivity contribution in [2.75, 3.05) is 13.7 Å². The lowest BCUT2D eigenvalue weighted by Gasteiger charge is -2.39. The Kier molecular flexibility index (Phi) is 4.74. The summed E-state index contributed by atoms with van der Waals surface area (Å²) in [7, 11) is 1.80. The third-order valence-electron chi connectivity index (χ3n) is 4.85. The van der Waals surface area contributed by atoms with Crippen molar-refractivity contribution in [2.24, 2.45) is 0 Å². The molecule has 2 atom stereocenters. The normalized spacial score (nSPS) is 16.3. The van der Waals surface area contributed by atoms with E-state index in [0.29, 0.717) is 17.2 Å². The topological polar surface area (TPSA) is 66.8 Å². The molecule has 1 N–H and O–H groups in total. The molecule has 0 spiro atoms. The molecule has 0 saturated carbocycles. The van der Waals surface area contributed by atoms with Crippen molar-refractivity contribution in [2.45, 2.75) is 25.3 Å². The number of carboxylic acids is 1. The maximum absolute atomic E-state index is 12.8. The highest BCUT2D eigenvalue weighted by Gasteiger charge is 2.34. The highest BCUT2D eigenvalue weighted by molar-refractivity contribution is 5.94. The largest absolute Gasteiger partial charge is 0.482 e. The Morgan fingerprint density at radius 1 is 1.24 bits per heavy atom. The third kappa shape index (κ3) is 3.50. The smallest absolute Gasteiger partial charge is 0.341 e. The van der Waals surface area contributed by atoms with Gasteiger partial charge in [-0.15, -0.1) is 0 Å². The van der Waals surface area contributed by atoms with Gasteiger partial charge in [0.25, 0.3) is 5.91 Å². The van der Waals surface area contributed by atoms with Crippen LogP contribution in [0.1, 0.15) is 34.3 Å². The Morgan fingerprint density at radius 2 is 2.00 bits per heavy atom. The first kappa shape index (κ1) is 17.0. The number of amides is 1. The predicted molar refractivity (Wildman–Crippen MR) is 94.0 cm³/mol. The van der Waals surface area contributed by atoms with Gasteiger partial charge in [0.05, 0.1) is 0 Å². The molecule has 0 bridgehead atoms. The van der Waals surface area contributed by atoms with Gasteiger partial charge in [0.15, 0.2) is 6.61 Å². The summed E-state index contributed by atoms with van der Waals surface area (Å²) in [6.07, 6.45) is 0.983. The van der Waals surface area contributed by atoms with E-state index in [1.807, 2.05) is 12.1 Å². The molecule has 2 aromatic rings. The van der Waals surface area contributed by atoms with E-state index in [4.69, 9.17) is 9.84 Å². The zero-order valence-electron chi connectivity index (χ0n) is 14.3. The molecule has 0 aromatic heterocycles. The molecule has 0 radical (unpaired) electrons. The fraction of sp³-hybridized carbons (Fsp3) is 0.300. The maximum Gasteiger partial charge on any atom is 0.341 e. The average Bonchev–Trinajstić information content (AvgIpc) is 2.60. The van der Waals surface area contributed by atoms with Crippen LogP contribution in [0.3, 0.4) is 0 Å². The van der Waals surface area contributed by atoms with Crippen LogP contribution in [0.5, 0.6) is 5.75 Å². The second-order valence-electron chi connectivity index (χ2n) is 6.38. The molecule has 0 fully saturated rings. The van der Waals surface area contributed by atoms with Gasteiger partial charge in [0, 0.05) is 24.6 Å². The monoisotopic (exact) mass is 339 g/mol. The number of aliphatic carboxylic acids is 1. The van der Waals surface area contributed by atoms with Crippen molar-refractivity contribution in [3.63, 3.8) is 0 Å². The van der Waals surface area contributed by atoms with Crippen LogP contribution >= 0.6 is 0 Å². The summed E-state index contributed by atoms with van der Waals surface area (Å²) in [6, 6.07) is 15.0. The minimum absolute atomic E-state index is 0.0750. The maximum atomic E-state index is 12.8. The second kappa shape index (κ2) is 6.97. The van der Waals surface area contributed by atoms with Crippen molar-refractivity contribution in [1.82, 2.24) is 4.90 Å². The SMILES string of the molecule is CC(C1Cc2ccccc21)N(C)C(=O)c1cccc(OCC(=O)O)c1. The van der Waals surface area contributed by atoms with Crippen LogP contribution in [0, 0.1) is 0 Å². The summed E-state index contributed by atoms with van der Waals surface area (Å²) < 4.78 is 5.15. The fourth-order valence-electron chi connectivity index (χ4n) is 3.25. The number of carbonyl (C=O) groups excluding carboxylic acids is 1. The predicted octanol–water partition coefficient (Wildman–Crippen LogP) is 2.95. The molecule has 0 aliphatic heterocycles. The number of benzene rings is 2. The quantitative estimate of drug-likeness (QED) is 0.879. The molecule has 5 heteroatoms. The average molecular weight is 339 g/mol. The van der Waals surface area contributed by atoms with Crippen molar-refractivity contribution in [3.8, 4) is 5.75 Å². The molecule has 0 heterocycles. The van der Waals surface area contributed by atoms with Gasteiger partial charge in [0.2, 0.25) is 0 Å². The zero-order chi connectivity index (χ0) is 18.0. The molecule has 0 saturated heterocycles.